The van der Waals surface area contributed by atoms with E-state index >= 15 is 0 Å². The highest BCUT2D eigenvalue weighted by Crippen LogP contribution is 2.39. The quantitative estimate of drug-likeness (QED) is 0.274. The summed E-state index contributed by atoms with van der Waals surface area (Å²) in [5.74, 6) is -2.29. The second-order valence-corrected chi connectivity index (χ2v) is 13.2. The van der Waals surface area contributed by atoms with Crippen molar-refractivity contribution in [1.82, 2.24) is 9.21 Å². The van der Waals surface area contributed by atoms with Crippen LogP contribution in [0.15, 0.2) is 65.6 Å². The lowest BCUT2D eigenvalue weighted by Gasteiger charge is -2.42. The van der Waals surface area contributed by atoms with E-state index in [9.17, 15) is 44.3 Å². The molecule has 0 saturated carbocycles. The first-order chi connectivity index (χ1) is 20.8. The van der Waals surface area contributed by atoms with Crippen LogP contribution in [0.1, 0.15) is 46.3 Å². The van der Waals surface area contributed by atoms with Crippen LogP contribution in [0.2, 0.25) is 10.0 Å². The number of nitrogens with zero attached hydrogens (tertiary/aromatic N) is 2. The molecule has 4 rings (SSSR count). The van der Waals surface area contributed by atoms with Crippen molar-refractivity contribution in [3.63, 3.8) is 0 Å². The molecule has 1 saturated heterocycles. The summed E-state index contributed by atoms with van der Waals surface area (Å²) < 4.78 is 109. The largest absolute Gasteiger partial charge is 0.416 e. The fourth-order valence-electron chi connectivity index (χ4n) is 5.16. The Balaban J connectivity index is 1.71. The number of alkyl halides is 6. The van der Waals surface area contributed by atoms with E-state index in [4.69, 9.17) is 23.2 Å². The highest BCUT2D eigenvalue weighted by atomic mass is 35.5. The second kappa shape index (κ2) is 12.8. The number of hydrogen-bond donors (Lipinski definition) is 1. The average molecular weight is 696 g/mol. The molecule has 2 atom stereocenters. The molecule has 0 bridgehead atoms. The summed E-state index contributed by atoms with van der Waals surface area (Å²) in [7, 11) is -2.89. The van der Waals surface area contributed by atoms with Crippen molar-refractivity contribution in [2.75, 3.05) is 25.5 Å². The normalized spacial score (nSPS) is 18.0. The van der Waals surface area contributed by atoms with Gasteiger partial charge >= 0.3 is 12.4 Å². The molecule has 1 aliphatic rings. The third-order valence-corrected chi connectivity index (χ3v) is 9.99. The van der Waals surface area contributed by atoms with Gasteiger partial charge in [0, 0.05) is 50.3 Å². The Bertz CT molecular complexity index is 1680. The van der Waals surface area contributed by atoms with E-state index in [0.29, 0.717) is 23.4 Å². The van der Waals surface area contributed by atoms with Crippen LogP contribution in [0.25, 0.3) is 0 Å². The Morgan fingerprint density at radius 1 is 0.889 bits per heavy atom. The molecular formula is C29H25Cl2F6N3O4S. The van der Waals surface area contributed by atoms with Crippen LogP contribution < -0.4 is 5.32 Å². The fourth-order valence-corrected chi connectivity index (χ4v) is 6.94. The SMILES string of the molecule is CC(=O)Nc1ccc(S(=O)(=O)N2CC[C@@H](N(C)C(=O)c3cc(C(F)(F)F)cc(C(F)(F)F)c3)[C@H](c3ccc(Cl)c(Cl)c3)C2)cc1. The van der Waals surface area contributed by atoms with E-state index in [1.807, 2.05) is 0 Å². The number of nitrogens with one attached hydrogen (secondary N) is 1. The van der Waals surface area contributed by atoms with Crippen LogP contribution >= 0.6 is 23.2 Å². The Labute approximate surface area is 264 Å². The van der Waals surface area contributed by atoms with Crippen molar-refractivity contribution >= 4 is 50.7 Å². The van der Waals surface area contributed by atoms with E-state index in [1.165, 1.54) is 50.4 Å². The number of carbonyl (C=O) groups excluding carboxylic acids is 2. The smallest absolute Gasteiger partial charge is 0.338 e. The Morgan fingerprint density at radius 3 is 1.98 bits per heavy atom. The predicted molar refractivity (Wildman–Crippen MR) is 156 cm³/mol. The average Bonchev–Trinajstić information content (AvgIpc) is 2.96. The summed E-state index contributed by atoms with van der Waals surface area (Å²) in [6.45, 7) is 0.945. The molecule has 242 valence electrons. The van der Waals surface area contributed by atoms with Crippen LogP contribution in [0, 0.1) is 0 Å². The molecule has 0 aliphatic carbocycles. The van der Waals surface area contributed by atoms with E-state index in [-0.39, 0.29) is 46.4 Å². The van der Waals surface area contributed by atoms with E-state index in [1.54, 1.807) is 6.07 Å². The predicted octanol–water partition coefficient (Wildman–Crippen LogP) is 7.31. The summed E-state index contributed by atoms with van der Waals surface area (Å²) in [5.41, 5.74) is -3.30. The van der Waals surface area contributed by atoms with Crippen molar-refractivity contribution in [3.05, 3.63) is 93.0 Å². The van der Waals surface area contributed by atoms with Gasteiger partial charge in [-0.25, -0.2) is 8.42 Å². The summed E-state index contributed by atoms with van der Waals surface area (Å²) in [4.78, 5) is 25.7. The molecule has 0 unspecified atom stereocenters. The van der Waals surface area contributed by atoms with Crippen LogP contribution in [0.5, 0.6) is 0 Å². The molecule has 1 N–H and O–H groups in total. The van der Waals surface area contributed by atoms with Crippen molar-refractivity contribution in [3.8, 4) is 0 Å². The maximum absolute atomic E-state index is 13.6. The van der Waals surface area contributed by atoms with Gasteiger partial charge in [0.2, 0.25) is 15.9 Å². The number of hydrogen-bond acceptors (Lipinski definition) is 4. The zero-order valence-corrected chi connectivity index (χ0v) is 25.8. The van der Waals surface area contributed by atoms with Gasteiger partial charge in [-0.2, -0.15) is 30.6 Å². The summed E-state index contributed by atoms with van der Waals surface area (Å²) in [5, 5.41) is 2.83. The van der Waals surface area contributed by atoms with Gasteiger partial charge in [0.1, 0.15) is 0 Å². The number of anilines is 1. The molecule has 45 heavy (non-hydrogen) atoms. The molecule has 2 amide bonds. The highest BCUT2D eigenvalue weighted by Gasteiger charge is 2.41. The number of amides is 2. The Hall–Kier alpha value is -3.33. The lowest BCUT2D eigenvalue weighted by Crippen LogP contribution is -2.51. The summed E-state index contributed by atoms with van der Waals surface area (Å²) >= 11 is 12.3. The molecular weight excluding hydrogens is 671 g/mol. The van der Waals surface area contributed by atoms with Gasteiger partial charge in [-0.05, 0) is 66.6 Å². The first-order valence-electron chi connectivity index (χ1n) is 13.2. The molecule has 0 radical (unpaired) electrons. The second-order valence-electron chi connectivity index (χ2n) is 10.4. The fraction of sp³-hybridized carbons (Fsp3) is 0.310. The molecule has 0 spiro atoms. The molecule has 1 fully saturated rings. The molecule has 7 nitrogen and oxygen atoms in total. The first kappa shape index (κ1) is 34.5. The van der Waals surface area contributed by atoms with Gasteiger partial charge in [0.25, 0.3) is 5.91 Å². The standard InChI is InChI=1S/C29H25Cl2F6N3O4S/c1-16(41)38-21-4-6-22(7-5-21)45(43,44)40-10-9-26(23(15-40)17-3-8-24(30)25(31)13-17)39(2)27(42)18-11-19(28(32,33)34)14-20(12-18)29(35,36)37/h3-8,11-14,23,26H,9-10,15H2,1-2H3,(H,38,41)/t23-,26+/m0/s1. The van der Waals surface area contributed by atoms with Crippen molar-refractivity contribution in [1.29, 1.82) is 0 Å². The summed E-state index contributed by atoms with van der Waals surface area (Å²) in [6.07, 6.45) is -10.3. The maximum Gasteiger partial charge on any atom is 0.416 e. The molecule has 0 aromatic heterocycles. The summed E-state index contributed by atoms with van der Waals surface area (Å²) in [6, 6.07) is 9.67. The first-order valence-corrected chi connectivity index (χ1v) is 15.4. The minimum atomic E-state index is -5.16. The number of benzene rings is 3. The van der Waals surface area contributed by atoms with E-state index < -0.39 is 56.9 Å². The third-order valence-electron chi connectivity index (χ3n) is 7.38. The van der Waals surface area contributed by atoms with Gasteiger partial charge < -0.3 is 10.2 Å². The van der Waals surface area contributed by atoms with Gasteiger partial charge in [0.15, 0.2) is 0 Å². The van der Waals surface area contributed by atoms with Gasteiger partial charge in [-0.3, -0.25) is 9.59 Å². The Morgan fingerprint density at radius 2 is 1.47 bits per heavy atom. The molecule has 16 heteroatoms. The highest BCUT2D eigenvalue weighted by molar-refractivity contribution is 7.89. The zero-order valence-electron chi connectivity index (χ0n) is 23.5. The number of rotatable bonds is 6. The molecule has 3 aromatic rings. The van der Waals surface area contributed by atoms with Crippen molar-refractivity contribution in [2.45, 2.75) is 42.6 Å². The van der Waals surface area contributed by atoms with Crippen molar-refractivity contribution < 1.29 is 44.3 Å². The third kappa shape index (κ3) is 7.74. The van der Waals surface area contributed by atoms with Crippen LogP contribution in [0.4, 0.5) is 32.0 Å². The van der Waals surface area contributed by atoms with Gasteiger partial charge in [-0.15, -0.1) is 0 Å². The minimum Gasteiger partial charge on any atom is -0.338 e. The monoisotopic (exact) mass is 695 g/mol. The van der Waals surface area contributed by atoms with Crippen LogP contribution in [-0.2, 0) is 27.2 Å². The van der Waals surface area contributed by atoms with Gasteiger partial charge in [-0.1, -0.05) is 29.3 Å². The number of carbonyl (C=O) groups is 2. The van der Waals surface area contributed by atoms with Crippen molar-refractivity contribution in [2.24, 2.45) is 0 Å². The van der Waals surface area contributed by atoms with Crippen LogP contribution in [0.3, 0.4) is 0 Å². The number of halogens is 8. The lowest BCUT2D eigenvalue weighted by atomic mass is 9.85. The van der Waals surface area contributed by atoms with E-state index in [0.717, 1.165) is 9.21 Å². The van der Waals surface area contributed by atoms with E-state index in [2.05, 4.69) is 5.32 Å². The minimum absolute atomic E-state index is 0.0263. The zero-order chi connectivity index (χ0) is 33.5. The Kier molecular flexibility index (Phi) is 9.84. The van der Waals surface area contributed by atoms with Gasteiger partial charge in [0.05, 0.1) is 26.1 Å². The van der Waals surface area contributed by atoms with Crippen LogP contribution in [-0.4, -0.2) is 55.6 Å². The lowest BCUT2D eigenvalue weighted by molar-refractivity contribution is -0.143. The maximum atomic E-state index is 13.6. The number of piperidine rings is 1. The molecule has 3 aromatic carbocycles. The number of sulfonamides is 1. The number of likely N-dealkylation sites (N-methyl/N-ethyl adjacent to an activating group) is 1. The molecule has 1 aliphatic heterocycles. The topological polar surface area (TPSA) is 86.8 Å². The molecule has 1 heterocycles.